The van der Waals surface area contributed by atoms with Crippen LogP contribution in [0.15, 0.2) is 30.3 Å². The van der Waals surface area contributed by atoms with E-state index in [0.29, 0.717) is 12.1 Å². The highest BCUT2D eigenvalue weighted by Crippen LogP contribution is 2.20. The van der Waals surface area contributed by atoms with E-state index in [4.69, 9.17) is 0 Å². The molecule has 114 valence electrons. The summed E-state index contributed by atoms with van der Waals surface area (Å²) in [7, 11) is 0. The summed E-state index contributed by atoms with van der Waals surface area (Å²) < 4.78 is 0. The van der Waals surface area contributed by atoms with Gasteiger partial charge in [-0.2, -0.15) is 0 Å². The van der Waals surface area contributed by atoms with Crippen molar-refractivity contribution in [2.45, 2.75) is 38.4 Å². The molecule has 1 aromatic carbocycles. The Kier molecular flexibility index (Phi) is 4.56. The van der Waals surface area contributed by atoms with Gasteiger partial charge in [-0.05, 0) is 25.3 Å². The maximum atomic E-state index is 12.0. The van der Waals surface area contributed by atoms with Crippen molar-refractivity contribution >= 4 is 5.91 Å². The van der Waals surface area contributed by atoms with Gasteiger partial charge in [0.05, 0.1) is 5.92 Å². The van der Waals surface area contributed by atoms with Crippen LogP contribution in [-0.4, -0.2) is 42.5 Å². The molecular weight excluding hydrogens is 262 g/mol. The topological polar surface area (TPSA) is 44.4 Å². The van der Waals surface area contributed by atoms with Crippen LogP contribution in [0.25, 0.3) is 0 Å². The average Bonchev–Trinajstić information content (AvgIpc) is 2.41. The van der Waals surface area contributed by atoms with Crippen molar-refractivity contribution in [3.05, 3.63) is 35.9 Å². The van der Waals surface area contributed by atoms with Crippen molar-refractivity contribution in [1.82, 2.24) is 15.5 Å². The van der Waals surface area contributed by atoms with Crippen molar-refractivity contribution in [2.24, 2.45) is 5.92 Å². The Morgan fingerprint density at radius 3 is 2.71 bits per heavy atom. The minimum Gasteiger partial charge on any atom is -0.353 e. The van der Waals surface area contributed by atoms with E-state index in [1.807, 2.05) is 0 Å². The van der Waals surface area contributed by atoms with Crippen molar-refractivity contribution in [3.63, 3.8) is 0 Å². The lowest BCUT2D eigenvalue weighted by Crippen LogP contribution is -2.55. The van der Waals surface area contributed by atoms with Gasteiger partial charge in [0.15, 0.2) is 0 Å². The third-order valence-corrected chi connectivity index (χ3v) is 4.74. The molecule has 0 aromatic heterocycles. The number of nitrogens with one attached hydrogen (secondary N) is 2. The number of piperidine rings is 1. The first kappa shape index (κ1) is 14.5. The highest BCUT2D eigenvalue weighted by molar-refractivity contribution is 5.80. The molecule has 0 radical (unpaired) electrons. The highest BCUT2D eigenvalue weighted by atomic mass is 16.2. The van der Waals surface area contributed by atoms with Crippen molar-refractivity contribution in [1.29, 1.82) is 0 Å². The number of hydrogen-bond donors (Lipinski definition) is 2. The molecule has 2 saturated heterocycles. The zero-order valence-electron chi connectivity index (χ0n) is 12.7. The Labute approximate surface area is 126 Å². The van der Waals surface area contributed by atoms with Crippen LogP contribution >= 0.6 is 0 Å². The fourth-order valence-electron chi connectivity index (χ4n) is 3.20. The minimum absolute atomic E-state index is 0.197. The summed E-state index contributed by atoms with van der Waals surface area (Å²) in [5.41, 5.74) is 1.37. The Bertz CT molecular complexity index is 472. The van der Waals surface area contributed by atoms with E-state index in [0.717, 1.165) is 39.0 Å². The first-order chi connectivity index (χ1) is 10.2. The molecule has 3 rings (SSSR count). The Hall–Kier alpha value is -1.39. The van der Waals surface area contributed by atoms with E-state index in [2.05, 4.69) is 52.8 Å². The fourth-order valence-corrected chi connectivity index (χ4v) is 3.20. The van der Waals surface area contributed by atoms with Gasteiger partial charge in [-0.25, -0.2) is 0 Å². The molecule has 1 aromatic rings. The molecule has 2 unspecified atom stereocenters. The van der Waals surface area contributed by atoms with Crippen molar-refractivity contribution in [2.75, 3.05) is 19.6 Å². The smallest absolute Gasteiger partial charge is 0.225 e. The van der Waals surface area contributed by atoms with Crippen LogP contribution in [0.5, 0.6) is 0 Å². The highest BCUT2D eigenvalue weighted by Gasteiger charge is 2.30. The first-order valence-electron chi connectivity index (χ1n) is 8.01. The SMILES string of the molecule is CC1CC(NC(=O)C2CNC2)CCN1Cc1ccccc1. The molecule has 2 atom stereocenters. The van der Waals surface area contributed by atoms with Crippen LogP contribution < -0.4 is 10.6 Å². The number of carbonyl (C=O) groups is 1. The molecule has 21 heavy (non-hydrogen) atoms. The molecule has 0 spiro atoms. The Balaban J connectivity index is 1.48. The van der Waals surface area contributed by atoms with E-state index in [1.54, 1.807) is 0 Å². The summed E-state index contributed by atoms with van der Waals surface area (Å²) in [5, 5.41) is 6.38. The fraction of sp³-hybridized carbons (Fsp3) is 0.588. The second kappa shape index (κ2) is 6.58. The number of rotatable bonds is 4. The number of benzene rings is 1. The molecule has 2 aliphatic heterocycles. The predicted molar refractivity (Wildman–Crippen MR) is 83.8 cm³/mol. The van der Waals surface area contributed by atoms with E-state index >= 15 is 0 Å². The minimum atomic E-state index is 0.197. The number of nitrogens with zero attached hydrogens (tertiary/aromatic N) is 1. The van der Waals surface area contributed by atoms with Crippen LogP contribution in [0.4, 0.5) is 0 Å². The quantitative estimate of drug-likeness (QED) is 0.879. The molecule has 4 nitrogen and oxygen atoms in total. The summed E-state index contributed by atoms with van der Waals surface area (Å²) in [6.07, 6.45) is 2.11. The molecule has 0 aliphatic carbocycles. The molecule has 2 heterocycles. The summed E-state index contributed by atoms with van der Waals surface area (Å²) in [6.45, 7) is 6.02. The standard InChI is InChI=1S/C17H25N3O/c1-13-9-16(19-17(21)15-10-18-11-15)7-8-20(13)12-14-5-3-2-4-6-14/h2-6,13,15-16,18H,7-12H2,1H3,(H,19,21). The van der Waals surface area contributed by atoms with Gasteiger partial charge in [0.2, 0.25) is 5.91 Å². The lowest BCUT2D eigenvalue weighted by atomic mass is 9.95. The van der Waals surface area contributed by atoms with Crippen LogP contribution in [0, 0.1) is 5.92 Å². The Morgan fingerprint density at radius 2 is 2.10 bits per heavy atom. The van der Waals surface area contributed by atoms with Crippen LogP contribution in [0.2, 0.25) is 0 Å². The van der Waals surface area contributed by atoms with Crippen LogP contribution in [0.3, 0.4) is 0 Å². The lowest BCUT2D eigenvalue weighted by Gasteiger charge is -2.39. The maximum Gasteiger partial charge on any atom is 0.225 e. The van der Waals surface area contributed by atoms with Gasteiger partial charge >= 0.3 is 0 Å². The Morgan fingerprint density at radius 1 is 1.33 bits per heavy atom. The zero-order chi connectivity index (χ0) is 14.7. The van der Waals surface area contributed by atoms with Gasteiger partial charge < -0.3 is 10.6 Å². The number of likely N-dealkylation sites (tertiary alicyclic amines) is 1. The van der Waals surface area contributed by atoms with Gasteiger partial charge in [-0.3, -0.25) is 9.69 Å². The van der Waals surface area contributed by atoms with Gasteiger partial charge in [-0.1, -0.05) is 30.3 Å². The van der Waals surface area contributed by atoms with Gasteiger partial charge in [0.25, 0.3) is 0 Å². The number of amides is 1. The first-order valence-corrected chi connectivity index (χ1v) is 8.01. The van der Waals surface area contributed by atoms with Crippen LogP contribution in [-0.2, 0) is 11.3 Å². The largest absolute Gasteiger partial charge is 0.353 e. The molecule has 4 heteroatoms. The molecule has 0 saturated carbocycles. The van der Waals surface area contributed by atoms with E-state index < -0.39 is 0 Å². The number of hydrogen-bond acceptors (Lipinski definition) is 3. The van der Waals surface area contributed by atoms with Crippen molar-refractivity contribution in [3.8, 4) is 0 Å². The van der Waals surface area contributed by atoms with E-state index in [9.17, 15) is 4.79 Å². The summed E-state index contributed by atoms with van der Waals surface area (Å²) in [6, 6.07) is 11.5. The predicted octanol–water partition coefficient (Wildman–Crippen LogP) is 1.38. The third kappa shape index (κ3) is 3.63. The molecular formula is C17H25N3O. The van der Waals surface area contributed by atoms with E-state index in [1.165, 1.54) is 5.56 Å². The second-order valence-electron chi connectivity index (χ2n) is 6.39. The zero-order valence-corrected chi connectivity index (χ0v) is 12.7. The summed E-state index contributed by atoms with van der Waals surface area (Å²) in [4.78, 5) is 14.5. The van der Waals surface area contributed by atoms with Crippen LogP contribution in [0.1, 0.15) is 25.3 Å². The number of carbonyl (C=O) groups excluding carboxylic acids is 1. The maximum absolute atomic E-state index is 12.0. The summed E-state index contributed by atoms with van der Waals surface area (Å²) in [5.74, 6) is 0.435. The molecule has 2 fully saturated rings. The third-order valence-electron chi connectivity index (χ3n) is 4.74. The van der Waals surface area contributed by atoms with Gasteiger partial charge in [0.1, 0.15) is 0 Å². The normalized spacial score (nSPS) is 27.1. The molecule has 2 aliphatic rings. The molecule has 0 bridgehead atoms. The summed E-state index contributed by atoms with van der Waals surface area (Å²) >= 11 is 0. The molecule has 1 amide bonds. The van der Waals surface area contributed by atoms with Crippen molar-refractivity contribution < 1.29 is 4.79 Å². The van der Waals surface area contributed by atoms with Gasteiger partial charge in [0, 0.05) is 38.3 Å². The lowest BCUT2D eigenvalue weighted by molar-refractivity contribution is -0.127. The monoisotopic (exact) mass is 287 g/mol. The second-order valence-corrected chi connectivity index (χ2v) is 6.39. The average molecular weight is 287 g/mol. The molecule has 2 N–H and O–H groups in total. The van der Waals surface area contributed by atoms with E-state index in [-0.39, 0.29) is 11.8 Å². The van der Waals surface area contributed by atoms with Gasteiger partial charge in [-0.15, -0.1) is 0 Å².